The molecule has 5 heteroatoms. The average molecular weight is 295 g/mol. The lowest BCUT2D eigenvalue weighted by molar-refractivity contribution is 0.0693. The first-order valence-electron chi connectivity index (χ1n) is 6.81. The Morgan fingerprint density at radius 2 is 1.55 bits per heavy atom. The van der Waals surface area contributed by atoms with E-state index in [0.717, 1.165) is 5.56 Å². The minimum atomic E-state index is -1.05. The molecule has 0 bridgehead atoms. The van der Waals surface area contributed by atoms with Gasteiger partial charge in [0, 0.05) is 10.9 Å². The van der Waals surface area contributed by atoms with E-state index in [1.807, 2.05) is 50.5 Å². The monoisotopic (exact) mass is 295 g/mol. The van der Waals surface area contributed by atoms with Gasteiger partial charge in [0.25, 0.3) is 0 Å². The van der Waals surface area contributed by atoms with Gasteiger partial charge in [-0.05, 0) is 20.2 Å². The molecule has 5 nitrogen and oxygen atoms in total. The maximum Gasteiger partial charge on any atom is 0.355 e. The zero-order chi connectivity index (χ0) is 15.9. The fraction of sp³-hybridized carbons (Fsp3) is 0.118. The van der Waals surface area contributed by atoms with Crippen molar-refractivity contribution in [1.82, 2.24) is 15.3 Å². The first kappa shape index (κ1) is 15.6. The first-order chi connectivity index (χ1) is 10.7. The van der Waals surface area contributed by atoms with Crippen LogP contribution in [0.25, 0.3) is 22.3 Å². The zero-order valence-electron chi connectivity index (χ0n) is 12.4. The van der Waals surface area contributed by atoms with Gasteiger partial charge in [-0.3, -0.25) is 0 Å². The molecule has 22 heavy (non-hydrogen) atoms. The van der Waals surface area contributed by atoms with E-state index >= 15 is 0 Å². The Morgan fingerprint density at radius 1 is 0.955 bits per heavy atom. The van der Waals surface area contributed by atoms with Gasteiger partial charge in [0.2, 0.25) is 0 Å². The van der Waals surface area contributed by atoms with Gasteiger partial charge >= 0.3 is 5.97 Å². The lowest BCUT2D eigenvalue weighted by Gasteiger charge is -2.05. The third-order valence-corrected chi connectivity index (χ3v) is 2.84. The van der Waals surface area contributed by atoms with Crippen molar-refractivity contribution in [2.45, 2.75) is 0 Å². The van der Waals surface area contributed by atoms with Crippen molar-refractivity contribution in [1.29, 1.82) is 0 Å². The first-order valence-corrected chi connectivity index (χ1v) is 6.81. The summed E-state index contributed by atoms with van der Waals surface area (Å²) in [6, 6.07) is 16.5. The van der Waals surface area contributed by atoms with Crippen LogP contribution in [0.1, 0.15) is 10.5 Å². The highest BCUT2D eigenvalue weighted by atomic mass is 16.4. The molecule has 0 saturated heterocycles. The number of benzene rings is 2. The van der Waals surface area contributed by atoms with Crippen LogP contribution in [-0.4, -0.2) is 35.1 Å². The molecule has 0 radical (unpaired) electrons. The number of hydrogen-bond acceptors (Lipinski definition) is 4. The van der Waals surface area contributed by atoms with Gasteiger partial charge in [-0.15, -0.1) is 0 Å². The van der Waals surface area contributed by atoms with Crippen molar-refractivity contribution in [2.24, 2.45) is 0 Å². The van der Waals surface area contributed by atoms with Gasteiger partial charge in [-0.2, -0.15) is 0 Å². The number of rotatable bonds is 2. The number of aromatic carboxylic acids is 1. The van der Waals surface area contributed by atoms with Crippen LogP contribution >= 0.6 is 0 Å². The molecule has 0 atom stereocenters. The molecule has 112 valence electrons. The fourth-order valence-electron chi connectivity index (χ4n) is 1.96. The minimum absolute atomic E-state index is 0.0319. The molecular formula is C17H17N3O2. The highest BCUT2D eigenvalue weighted by Gasteiger charge is 2.14. The van der Waals surface area contributed by atoms with Gasteiger partial charge in [0.15, 0.2) is 11.5 Å². The number of fused-ring (bicyclic) bond motifs is 1. The van der Waals surface area contributed by atoms with E-state index in [-0.39, 0.29) is 5.69 Å². The molecule has 0 aliphatic carbocycles. The van der Waals surface area contributed by atoms with E-state index < -0.39 is 5.97 Å². The molecular weight excluding hydrogens is 278 g/mol. The van der Waals surface area contributed by atoms with Crippen LogP contribution in [0.3, 0.4) is 0 Å². The number of nitrogens with zero attached hydrogens (tertiary/aromatic N) is 2. The van der Waals surface area contributed by atoms with E-state index in [9.17, 15) is 9.90 Å². The lowest BCUT2D eigenvalue weighted by atomic mass is 10.1. The number of aromatic nitrogens is 2. The van der Waals surface area contributed by atoms with Gasteiger partial charge < -0.3 is 10.4 Å². The molecule has 3 aromatic rings. The molecule has 0 fully saturated rings. The van der Waals surface area contributed by atoms with Gasteiger partial charge in [0.1, 0.15) is 0 Å². The van der Waals surface area contributed by atoms with E-state index in [2.05, 4.69) is 15.3 Å². The number of nitrogens with one attached hydrogen (secondary N) is 1. The summed E-state index contributed by atoms with van der Waals surface area (Å²) in [7, 11) is 3.75. The summed E-state index contributed by atoms with van der Waals surface area (Å²) in [4.78, 5) is 19.9. The topological polar surface area (TPSA) is 75.1 Å². The number of carboxylic acids is 1. The second-order valence-corrected chi connectivity index (χ2v) is 4.58. The SMILES string of the molecule is CNC.O=C(O)c1nc(-c2ccccc2)nc2ccccc12. The Hall–Kier alpha value is -2.79. The van der Waals surface area contributed by atoms with Crippen LogP contribution in [0.5, 0.6) is 0 Å². The number of para-hydroxylation sites is 1. The summed E-state index contributed by atoms with van der Waals surface area (Å²) in [6.45, 7) is 0. The van der Waals surface area contributed by atoms with Crippen LogP contribution in [0, 0.1) is 0 Å². The third-order valence-electron chi connectivity index (χ3n) is 2.84. The van der Waals surface area contributed by atoms with Crippen LogP contribution in [-0.2, 0) is 0 Å². The molecule has 0 unspecified atom stereocenters. The van der Waals surface area contributed by atoms with Crippen molar-refractivity contribution in [3.63, 3.8) is 0 Å². The molecule has 2 N–H and O–H groups in total. The zero-order valence-corrected chi connectivity index (χ0v) is 12.4. The van der Waals surface area contributed by atoms with Crippen molar-refractivity contribution >= 4 is 16.9 Å². The van der Waals surface area contributed by atoms with Crippen molar-refractivity contribution in [2.75, 3.05) is 14.1 Å². The van der Waals surface area contributed by atoms with Crippen molar-refractivity contribution in [3.05, 3.63) is 60.3 Å². The molecule has 1 heterocycles. The predicted octanol–water partition coefficient (Wildman–Crippen LogP) is 2.83. The Bertz CT molecular complexity index is 773. The maximum absolute atomic E-state index is 11.3. The molecule has 0 aliphatic heterocycles. The molecule has 0 aliphatic rings. The highest BCUT2D eigenvalue weighted by Crippen LogP contribution is 2.21. The summed E-state index contributed by atoms with van der Waals surface area (Å²) < 4.78 is 0. The Balaban J connectivity index is 0.000000545. The van der Waals surface area contributed by atoms with Crippen LogP contribution in [0.4, 0.5) is 0 Å². The Labute approximate surface area is 128 Å². The summed E-state index contributed by atoms with van der Waals surface area (Å²) in [5.41, 5.74) is 1.47. The Morgan fingerprint density at radius 3 is 2.18 bits per heavy atom. The molecule has 1 aromatic heterocycles. The second kappa shape index (κ2) is 7.28. The number of hydrogen-bond donors (Lipinski definition) is 2. The largest absolute Gasteiger partial charge is 0.476 e. The van der Waals surface area contributed by atoms with Gasteiger partial charge in [-0.25, -0.2) is 14.8 Å². The molecule has 0 amide bonds. The van der Waals surface area contributed by atoms with Gasteiger partial charge in [0.05, 0.1) is 5.52 Å². The maximum atomic E-state index is 11.3. The van der Waals surface area contributed by atoms with E-state index in [4.69, 9.17) is 0 Å². The summed E-state index contributed by atoms with van der Waals surface area (Å²) in [6.07, 6.45) is 0. The third kappa shape index (κ3) is 3.45. The number of carboxylic acid groups (broad SMARTS) is 1. The molecule has 2 aromatic carbocycles. The van der Waals surface area contributed by atoms with E-state index in [0.29, 0.717) is 16.7 Å². The molecule has 0 saturated carbocycles. The normalized spacial score (nSPS) is 9.91. The second-order valence-electron chi connectivity index (χ2n) is 4.58. The predicted molar refractivity (Wildman–Crippen MR) is 86.9 cm³/mol. The smallest absolute Gasteiger partial charge is 0.355 e. The molecule has 3 rings (SSSR count). The Kier molecular flexibility index (Phi) is 5.16. The molecule has 0 spiro atoms. The summed E-state index contributed by atoms with van der Waals surface area (Å²) in [5.74, 6) is -0.618. The van der Waals surface area contributed by atoms with E-state index in [1.54, 1.807) is 18.2 Å². The fourth-order valence-corrected chi connectivity index (χ4v) is 1.96. The van der Waals surface area contributed by atoms with Crippen molar-refractivity contribution in [3.8, 4) is 11.4 Å². The van der Waals surface area contributed by atoms with Crippen LogP contribution < -0.4 is 5.32 Å². The quantitative estimate of drug-likeness (QED) is 0.760. The summed E-state index contributed by atoms with van der Waals surface area (Å²) >= 11 is 0. The standard InChI is InChI=1S/C15H10N2O2.C2H7N/c18-15(19)13-11-8-4-5-9-12(11)16-14(17-13)10-6-2-1-3-7-10;1-3-2/h1-9H,(H,18,19);3H,1-2H3. The summed E-state index contributed by atoms with van der Waals surface area (Å²) in [5, 5.41) is 12.6. The van der Waals surface area contributed by atoms with Gasteiger partial charge in [-0.1, -0.05) is 48.5 Å². The van der Waals surface area contributed by atoms with Crippen LogP contribution in [0.15, 0.2) is 54.6 Å². The lowest BCUT2D eigenvalue weighted by Crippen LogP contribution is -2.04. The minimum Gasteiger partial charge on any atom is -0.476 e. The highest BCUT2D eigenvalue weighted by molar-refractivity contribution is 6.01. The number of carbonyl (C=O) groups is 1. The van der Waals surface area contributed by atoms with E-state index in [1.165, 1.54) is 0 Å². The van der Waals surface area contributed by atoms with Crippen LogP contribution in [0.2, 0.25) is 0 Å². The van der Waals surface area contributed by atoms with Crippen molar-refractivity contribution < 1.29 is 9.90 Å². The average Bonchev–Trinajstić information content (AvgIpc) is 2.55.